The summed E-state index contributed by atoms with van der Waals surface area (Å²) in [6.45, 7) is 0. The zero-order valence-corrected chi connectivity index (χ0v) is 27.8. The molecule has 0 amide bonds. The van der Waals surface area contributed by atoms with E-state index < -0.39 is 0 Å². The van der Waals surface area contributed by atoms with Crippen molar-refractivity contribution in [3.63, 3.8) is 0 Å². The van der Waals surface area contributed by atoms with Gasteiger partial charge in [-0.1, -0.05) is 91.0 Å². The van der Waals surface area contributed by atoms with Crippen LogP contribution < -0.4 is 0 Å². The van der Waals surface area contributed by atoms with Crippen molar-refractivity contribution < 1.29 is 0 Å². The van der Waals surface area contributed by atoms with E-state index in [2.05, 4.69) is 113 Å². The molecule has 0 aliphatic rings. The summed E-state index contributed by atoms with van der Waals surface area (Å²) < 4.78 is 0. The van der Waals surface area contributed by atoms with Crippen molar-refractivity contribution in [1.82, 2.24) is 29.9 Å². The van der Waals surface area contributed by atoms with Gasteiger partial charge in [-0.3, -0.25) is 9.97 Å². The van der Waals surface area contributed by atoms with Crippen molar-refractivity contribution in [2.75, 3.05) is 0 Å². The van der Waals surface area contributed by atoms with E-state index in [4.69, 9.17) is 19.9 Å². The van der Waals surface area contributed by atoms with E-state index in [1.165, 1.54) is 5.56 Å². The lowest BCUT2D eigenvalue weighted by atomic mass is 9.95. The van der Waals surface area contributed by atoms with Crippen LogP contribution in [0.2, 0.25) is 0 Å². The SMILES string of the molecule is c1ccc(-c2c3ccccc3nc3c2ccc2ccc(-c4ccc5cc(-c6cc(-c7ccccn7)nc(-c7ccccn7)c6)ccc5n4)nc23)cc1. The van der Waals surface area contributed by atoms with Gasteiger partial charge in [0.15, 0.2) is 0 Å². The molecule has 242 valence electrons. The lowest BCUT2D eigenvalue weighted by Crippen LogP contribution is -1.95. The van der Waals surface area contributed by atoms with Gasteiger partial charge in [0.1, 0.15) is 0 Å². The number of para-hydroxylation sites is 1. The van der Waals surface area contributed by atoms with Crippen molar-refractivity contribution in [2.45, 2.75) is 0 Å². The average molecular weight is 665 g/mol. The minimum absolute atomic E-state index is 0.792. The van der Waals surface area contributed by atoms with E-state index in [-0.39, 0.29) is 0 Å². The first-order valence-electron chi connectivity index (χ1n) is 17.2. The number of hydrogen-bond donors (Lipinski definition) is 0. The van der Waals surface area contributed by atoms with E-state index in [0.29, 0.717) is 0 Å². The summed E-state index contributed by atoms with van der Waals surface area (Å²) in [6, 6.07) is 53.8. The zero-order valence-electron chi connectivity index (χ0n) is 27.8. The summed E-state index contributed by atoms with van der Waals surface area (Å²) in [5.41, 5.74) is 12.8. The number of fused-ring (bicyclic) bond motifs is 5. The van der Waals surface area contributed by atoms with Crippen LogP contribution in [0.4, 0.5) is 0 Å². The normalized spacial score (nSPS) is 11.5. The molecule has 52 heavy (non-hydrogen) atoms. The van der Waals surface area contributed by atoms with Crippen LogP contribution in [0.3, 0.4) is 0 Å². The van der Waals surface area contributed by atoms with Crippen molar-refractivity contribution in [3.05, 3.63) is 170 Å². The molecule has 0 aliphatic heterocycles. The molecule has 0 N–H and O–H groups in total. The van der Waals surface area contributed by atoms with Gasteiger partial charge in [0.25, 0.3) is 0 Å². The molecule has 0 spiro atoms. The Bertz CT molecular complexity index is 2890. The van der Waals surface area contributed by atoms with E-state index in [1.54, 1.807) is 12.4 Å². The van der Waals surface area contributed by atoms with E-state index in [9.17, 15) is 0 Å². The number of pyridine rings is 6. The van der Waals surface area contributed by atoms with Crippen LogP contribution in [0.5, 0.6) is 0 Å². The molecule has 6 heteroatoms. The first-order valence-corrected chi connectivity index (χ1v) is 17.2. The Kier molecular flexibility index (Phi) is 7.03. The van der Waals surface area contributed by atoms with Crippen LogP contribution in [0, 0.1) is 0 Å². The molecular formula is C46H28N6. The number of nitrogens with zero attached hydrogens (tertiary/aromatic N) is 6. The van der Waals surface area contributed by atoms with Crippen molar-refractivity contribution in [3.8, 4) is 56.4 Å². The second-order valence-electron chi connectivity index (χ2n) is 12.8. The van der Waals surface area contributed by atoms with E-state index in [0.717, 1.165) is 94.5 Å². The molecule has 0 saturated carbocycles. The minimum Gasteiger partial charge on any atom is -0.255 e. The third kappa shape index (κ3) is 5.22. The first-order chi connectivity index (χ1) is 25.7. The molecule has 0 saturated heterocycles. The minimum atomic E-state index is 0.792. The van der Waals surface area contributed by atoms with Gasteiger partial charge in [0.05, 0.1) is 56.2 Å². The molecule has 4 aromatic carbocycles. The van der Waals surface area contributed by atoms with Crippen LogP contribution in [0.15, 0.2) is 170 Å². The van der Waals surface area contributed by atoms with Crippen LogP contribution in [-0.2, 0) is 0 Å². The summed E-state index contributed by atoms with van der Waals surface area (Å²) in [4.78, 5) is 29.6. The molecule has 0 fully saturated rings. The molecule has 6 aromatic heterocycles. The highest BCUT2D eigenvalue weighted by atomic mass is 14.8. The van der Waals surface area contributed by atoms with Gasteiger partial charge < -0.3 is 0 Å². The third-order valence-electron chi connectivity index (χ3n) is 9.54. The predicted octanol–water partition coefficient (Wildman–Crippen LogP) is 11.0. The van der Waals surface area contributed by atoms with Crippen LogP contribution >= 0.6 is 0 Å². The highest BCUT2D eigenvalue weighted by Crippen LogP contribution is 2.38. The van der Waals surface area contributed by atoms with Crippen LogP contribution in [0.25, 0.3) is 100 Å². The fraction of sp³-hybridized carbons (Fsp3) is 0. The number of aromatic nitrogens is 6. The molecule has 0 atom stereocenters. The molecule has 6 nitrogen and oxygen atoms in total. The molecule has 0 unspecified atom stereocenters. The highest BCUT2D eigenvalue weighted by molar-refractivity contribution is 6.16. The van der Waals surface area contributed by atoms with E-state index >= 15 is 0 Å². The van der Waals surface area contributed by atoms with Gasteiger partial charge in [-0.15, -0.1) is 0 Å². The van der Waals surface area contributed by atoms with Gasteiger partial charge in [-0.05, 0) is 83.4 Å². The topological polar surface area (TPSA) is 77.3 Å². The fourth-order valence-corrected chi connectivity index (χ4v) is 7.03. The monoisotopic (exact) mass is 664 g/mol. The van der Waals surface area contributed by atoms with E-state index in [1.807, 2.05) is 54.6 Å². The molecule has 0 bridgehead atoms. The first kappa shape index (κ1) is 29.7. The van der Waals surface area contributed by atoms with Gasteiger partial charge in [0.2, 0.25) is 0 Å². The number of rotatable bonds is 5. The Labute approximate surface area is 299 Å². The summed E-state index contributed by atoms with van der Waals surface area (Å²) in [5, 5.41) is 4.27. The second-order valence-corrected chi connectivity index (χ2v) is 12.8. The molecule has 6 heterocycles. The van der Waals surface area contributed by atoms with Gasteiger partial charge in [0, 0.05) is 39.5 Å². The summed E-state index contributed by atoms with van der Waals surface area (Å²) >= 11 is 0. The zero-order chi connectivity index (χ0) is 34.4. The molecular weight excluding hydrogens is 637 g/mol. The number of benzene rings is 4. The maximum Gasteiger partial charge on any atom is 0.0978 e. The Balaban J connectivity index is 1.08. The highest BCUT2D eigenvalue weighted by Gasteiger charge is 2.16. The van der Waals surface area contributed by atoms with Crippen molar-refractivity contribution >= 4 is 43.6 Å². The predicted molar refractivity (Wildman–Crippen MR) is 210 cm³/mol. The van der Waals surface area contributed by atoms with Gasteiger partial charge in [-0.25, -0.2) is 19.9 Å². The summed E-state index contributed by atoms with van der Waals surface area (Å²) in [5.74, 6) is 0. The third-order valence-corrected chi connectivity index (χ3v) is 9.54. The Morgan fingerprint density at radius 1 is 0.308 bits per heavy atom. The molecule has 10 aromatic rings. The van der Waals surface area contributed by atoms with Crippen molar-refractivity contribution in [2.24, 2.45) is 0 Å². The smallest absolute Gasteiger partial charge is 0.0978 e. The summed E-state index contributed by atoms with van der Waals surface area (Å²) in [6.07, 6.45) is 3.58. The Morgan fingerprint density at radius 2 is 0.981 bits per heavy atom. The van der Waals surface area contributed by atoms with Gasteiger partial charge in [-0.2, -0.15) is 0 Å². The summed E-state index contributed by atoms with van der Waals surface area (Å²) in [7, 11) is 0. The standard InChI is InChI=1S/C46H28N6/c1-2-10-29(11-3-1)44-34-12-4-5-13-37(34)51-46-35(44)20-16-30-17-22-41(52-45(30)46)40-23-19-32-26-31(18-21-36(32)49-40)33-27-42(38-14-6-8-24-47-38)50-43(28-33)39-15-7-9-25-48-39/h1-28H. The largest absolute Gasteiger partial charge is 0.255 e. The Morgan fingerprint density at radius 3 is 1.73 bits per heavy atom. The van der Waals surface area contributed by atoms with Gasteiger partial charge >= 0.3 is 0 Å². The second kappa shape index (κ2) is 12.3. The quantitative estimate of drug-likeness (QED) is 0.135. The molecule has 0 aliphatic carbocycles. The number of hydrogen-bond acceptors (Lipinski definition) is 6. The molecule has 0 radical (unpaired) electrons. The lowest BCUT2D eigenvalue weighted by Gasteiger charge is -2.13. The fourth-order valence-electron chi connectivity index (χ4n) is 7.03. The maximum absolute atomic E-state index is 5.22. The van der Waals surface area contributed by atoms with Crippen LogP contribution in [-0.4, -0.2) is 29.9 Å². The maximum atomic E-state index is 5.22. The average Bonchev–Trinajstić information content (AvgIpc) is 3.23. The van der Waals surface area contributed by atoms with Crippen LogP contribution in [0.1, 0.15) is 0 Å². The van der Waals surface area contributed by atoms with Crippen molar-refractivity contribution in [1.29, 1.82) is 0 Å². The Hall–Kier alpha value is -7.18. The lowest BCUT2D eigenvalue weighted by molar-refractivity contribution is 1.22. The molecule has 10 rings (SSSR count).